The van der Waals surface area contributed by atoms with Crippen LogP contribution >= 0.6 is 0 Å². The highest BCUT2D eigenvalue weighted by molar-refractivity contribution is 5.71. The van der Waals surface area contributed by atoms with Crippen LogP contribution in [0.15, 0.2) is 60.8 Å². The van der Waals surface area contributed by atoms with Crippen LogP contribution < -0.4 is 0 Å². The Kier molecular flexibility index (Phi) is 53.3. The van der Waals surface area contributed by atoms with Gasteiger partial charge in [0.15, 0.2) is 6.10 Å². The Morgan fingerprint density at radius 2 is 0.567 bits per heavy atom. The molecule has 0 aliphatic heterocycles. The minimum Gasteiger partial charge on any atom is -0.462 e. The van der Waals surface area contributed by atoms with Crippen LogP contribution in [0.5, 0.6) is 0 Å². The Bertz CT molecular complexity index is 1210. The van der Waals surface area contributed by atoms with Gasteiger partial charge in [0.2, 0.25) is 0 Å². The molecule has 0 amide bonds. The molecule has 0 aromatic rings. The lowest BCUT2D eigenvalue weighted by Crippen LogP contribution is -2.30. The van der Waals surface area contributed by atoms with Gasteiger partial charge in [-0.25, -0.2) is 0 Å². The molecule has 0 spiro atoms. The van der Waals surface area contributed by atoms with E-state index in [1.807, 2.05) is 0 Å². The van der Waals surface area contributed by atoms with Gasteiger partial charge in [0.25, 0.3) is 0 Å². The molecule has 0 aliphatic carbocycles. The summed E-state index contributed by atoms with van der Waals surface area (Å²) in [6.07, 6.45) is 69.2. The molecule has 67 heavy (non-hydrogen) atoms. The van der Waals surface area contributed by atoms with Crippen LogP contribution in [-0.2, 0) is 28.6 Å². The van der Waals surface area contributed by atoms with Crippen LogP contribution in [0.3, 0.4) is 0 Å². The first kappa shape index (κ1) is 64.1. The van der Waals surface area contributed by atoms with Gasteiger partial charge in [0.05, 0.1) is 0 Å². The van der Waals surface area contributed by atoms with E-state index in [-0.39, 0.29) is 31.1 Å². The molecule has 6 heteroatoms. The highest BCUT2D eigenvalue weighted by Crippen LogP contribution is 2.16. The standard InChI is InChI=1S/C61H108O6/c1-4-7-10-13-16-19-22-25-26-27-28-29-30-31-32-33-34-37-39-42-45-48-51-54-60(63)66-57-58(67-61(64)55-52-49-46-43-40-36-24-21-18-15-12-9-6-3)56-65-59(62)53-50-47-44-41-38-35-23-20-17-14-11-8-5-2/h12,15,21-22,24-25,27-28,30-31,58H,4-11,13-14,16-20,23,26,29,32-57H2,1-3H3/b15-12-,24-21-,25-22-,28-27-,31-30-. The first-order valence-corrected chi connectivity index (χ1v) is 28.8. The third-order valence-electron chi connectivity index (χ3n) is 12.5. The Balaban J connectivity index is 4.31. The Morgan fingerprint density at radius 1 is 0.299 bits per heavy atom. The Labute approximate surface area is 415 Å². The second kappa shape index (κ2) is 55.7. The molecule has 0 saturated heterocycles. The van der Waals surface area contributed by atoms with Crippen molar-refractivity contribution in [2.75, 3.05) is 13.2 Å². The number of ether oxygens (including phenoxy) is 3. The predicted octanol–water partition coefficient (Wildman–Crippen LogP) is 19.2. The number of carbonyl (C=O) groups excluding carboxylic acids is 3. The second-order valence-electron chi connectivity index (χ2n) is 19.2. The van der Waals surface area contributed by atoms with E-state index in [0.717, 1.165) is 109 Å². The summed E-state index contributed by atoms with van der Waals surface area (Å²) in [5.74, 6) is -0.892. The summed E-state index contributed by atoms with van der Waals surface area (Å²) >= 11 is 0. The monoisotopic (exact) mass is 937 g/mol. The van der Waals surface area contributed by atoms with Crippen molar-refractivity contribution in [3.8, 4) is 0 Å². The average Bonchev–Trinajstić information content (AvgIpc) is 3.33. The van der Waals surface area contributed by atoms with E-state index in [0.29, 0.717) is 19.3 Å². The van der Waals surface area contributed by atoms with E-state index in [4.69, 9.17) is 14.2 Å². The zero-order chi connectivity index (χ0) is 48.6. The van der Waals surface area contributed by atoms with Crippen molar-refractivity contribution in [1.29, 1.82) is 0 Å². The van der Waals surface area contributed by atoms with Gasteiger partial charge >= 0.3 is 17.9 Å². The van der Waals surface area contributed by atoms with Crippen molar-refractivity contribution in [2.45, 2.75) is 297 Å². The molecule has 0 saturated carbocycles. The maximum absolute atomic E-state index is 12.8. The van der Waals surface area contributed by atoms with Gasteiger partial charge in [0.1, 0.15) is 13.2 Å². The fourth-order valence-corrected chi connectivity index (χ4v) is 8.14. The molecule has 0 N–H and O–H groups in total. The molecule has 0 aromatic heterocycles. The molecule has 0 fully saturated rings. The molecule has 0 heterocycles. The zero-order valence-corrected chi connectivity index (χ0v) is 44.4. The Morgan fingerprint density at radius 3 is 0.896 bits per heavy atom. The number of esters is 3. The quantitative estimate of drug-likeness (QED) is 0.0262. The van der Waals surface area contributed by atoms with Crippen LogP contribution in [0.2, 0.25) is 0 Å². The molecule has 0 radical (unpaired) electrons. The molecule has 1 unspecified atom stereocenters. The summed E-state index contributed by atoms with van der Waals surface area (Å²) in [6.45, 7) is 6.57. The van der Waals surface area contributed by atoms with E-state index in [9.17, 15) is 14.4 Å². The maximum Gasteiger partial charge on any atom is 0.306 e. The lowest BCUT2D eigenvalue weighted by atomic mass is 10.0. The largest absolute Gasteiger partial charge is 0.462 e. The lowest BCUT2D eigenvalue weighted by Gasteiger charge is -2.18. The maximum atomic E-state index is 12.8. The molecule has 388 valence electrons. The van der Waals surface area contributed by atoms with Gasteiger partial charge < -0.3 is 14.2 Å². The first-order chi connectivity index (χ1) is 33.0. The molecule has 0 rings (SSSR count). The summed E-state index contributed by atoms with van der Waals surface area (Å²) in [7, 11) is 0. The molecule has 6 nitrogen and oxygen atoms in total. The molecule has 1 atom stereocenters. The van der Waals surface area contributed by atoms with Gasteiger partial charge in [-0.3, -0.25) is 14.4 Å². The smallest absolute Gasteiger partial charge is 0.306 e. The van der Waals surface area contributed by atoms with E-state index in [2.05, 4.69) is 81.5 Å². The van der Waals surface area contributed by atoms with Crippen molar-refractivity contribution in [2.24, 2.45) is 0 Å². The lowest BCUT2D eigenvalue weighted by molar-refractivity contribution is -0.167. The fraction of sp³-hybridized carbons (Fsp3) is 0.787. The number of hydrogen-bond acceptors (Lipinski definition) is 6. The van der Waals surface area contributed by atoms with E-state index >= 15 is 0 Å². The van der Waals surface area contributed by atoms with Crippen molar-refractivity contribution in [3.05, 3.63) is 60.8 Å². The van der Waals surface area contributed by atoms with E-state index in [1.165, 1.54) is 141 Å². The number of hydrogen-bond donors (Lipinski definition) is 0. The summed E-state index contributed by atoms with van der Waals surface area (Å²) in [4.78, 5) is 38.1. The van der Waals surface area contributed by atoms with Crippen molar-refractivity contribution < 1.29 is 28.6 Å². The molecular formula is C61H108O6. The number of allylic oxidation sites excluding steroid dienone is 10. The summed E-state index contributed by atoms with van der Waals surface area (Å²) < 4.78 is 16.8. The van der Waals surface area contributed by atoms with Crippen LogP contribution in [0.25, 0.3) is 0 Å². The average molecular weight is 938 g/mol. The topological polar surface area (TPSA) is 78.9 Å². The third kappa shape index (κ3) is 53.9. The SMILES string of the molecule is CCC/C=C\C/C=C\CCCCCCCC(=O)OC(COC(=O)CCCCCCCCCC/C=C\C/C=C\C/C=C\CCCCCCC)COC(=O)CCCCCCCCCCCCCCC. The summed E-state index contributed by atoms with van der Waals surface area (Å²) in [5.41, 5.74) is 0. The van der Waals surface area contributed by atoms with Gasteiger partial charge in [0, 0.05) is 19.3 Å². The Hall–Kier alpha value is -2.89. The second-order valence-corrected chi connectivity index (χ2v) is 19.2. The van der Waals surface area contributed by atoms with Gasteiger partial charge in [-0.2, -0.15) is 0 Å². The van der Waals surface area contributed by atoms with Gasteiger partial charge in [-0.15, -0.1) is 0 Å². The zero-order valence-electron chi connectivity index (χ0n) is 44.4. The predicted molar refractivity (Wildman–Crippen MR) is 288 cm³/mol. The molecular weight excluding hydrogens is 829 g/mol. The minimum absolute atomic E-state index is 0.0801. The van der Waals surface area contributed by atoms with Crippen LogP contribution in [0, 0.1) is 0 Å². The molecule has 0 aliphatic rings. The van der Waals surface area contributed by atoms with Gasteiger partial charge in [-0.05, 0) is 83.5 Å². The first-order valence-electron chi connectivity index (χ1n) is 28.8. The van der Waals surface area contributed by atoms with Crippen molar-refractivity contribution >= 4 is 17.9 Å². The highest BCUT2D eigenvalue weighted by atomic mass is 16.6. The fourth-order valence-electron chi connectivity index (χ4n) is 8.14. The molecule has 0 bridgehead atoms. The summed E-state index contributed by atoms with van der Waals surface area (Å²) in [6, 6.07) is 0. The minimum atomic E-state index is -0.782. The molecule has 0 aromatic carbocycles. The summed E-state index contributed by atoms with van der Waals surface area (Å²) in [5, 5.41) is 0. The van der Waals surface area contributed by atoms with Crippen LogP contribution in [0.4, 0.5) is 0 Å². The van der Waals surface area contributed by atoms with Gasteiger partial charge in [-0.1, -0.05) is 248 Å². The van der Waals surface area contributed by atoms with Crippen LogP contribution in [-0.4, -0.2) is 37.2 Å². The number of rotatable bonds is 52. The number of carbonyl (C=O) groups is 3. The van der Waals surface area contributed by atoms with Crippen molar-refractivity contribution in [1.82, 2.24) is 0 Å². The third-order valence-corrected chi connectivity index (χ3v) is 12.5. The van der Waals surface area contributed by atoms with Crippen molar-refractivity contribution in [3.63, 3.8) is 0 Å². The van der Waals surface area contributed by atoms with E-state index < -0.39 is 6.10 Å². The van der Waals surface area contributed by atoms with E-state index in [1.54, 1.807) is 0 Å². The van der Waals surface area contributed by atoms with Crippen LogP contribution in [0.1, 0.15) is 290 Å². The normalized spacial score (nSPS) is 12.5. The highest BCUT2D eigenvalue weighted by Gasteiger charge is 2.19. The number of unbranched alkanes of at least 4 members (excludes halogenated alkanes) is 31.